The van der Waals surface area contributed by atoms with Gasteiger partial charge in [-0.25, -0.2) is 0 Å². The maximum Gasteiger partial charge on any atom is 0.259 e. The van der Waals surface area contributed by atoms with Crippen LogP contribution in [-0.4, -0.2) is 29.6 Å². The second kappa shape index (κ2) is 7.97. The van der Waals surface area contributed by atoms with Crippen LogP contribution in [0.5, 0.6) is 11.5 Å². The Bertz CT molecular complexity index is 721. The number of ether oxygens (including phenoxy) is 1. The Morgan fingerprint density at radius 1 is 1.17 bits per heavy atom. The number of methoxy groups -OCH3 is 1. The van der Waals surface area contributed by atoms with Crippen molar-refractivity contribution in [3.05, 3.63) is 56.5 Å². The Morgan fingerprint density at radius 3 is 2.33 bits per heavy atom. The van der Waals surface area contributed by atoms with Gasteiger partial charge < -0.3 is 14.7 Å². The summed E-state index contributed by atoms with van der Waals surface area (Å²) in [5, 5.41) is 10.2. The third kappa shape index (κ3) is 3.89. The number of benzene rings is 2. The first-order valence-corrected chi connectivity index (χ1v) is 8.31. The van der Waals surface area contributed by atoms with E-state index in [0.29, 0.717) is 13.1 Å². The number of hydrogen-bond acceptors (Lipinski definition) is 3. The normalized spacial score (nSPS) is 10.5. The molecule has 4 nitrogen and oxygen atoms in total. The molecule has 0 unspecified atom stereocenters. The minimum absolute atomic E-state index is 0.0169. The molecule has 1 N–H and O–H groups in total. The van der Waals surface area contributed by atoms with E-state index in [0.717, 1.165) is 11.3 Å². The molecule has 0 fully saturated rings. The molecule has 0 spiro atoms. The number of phenolic OH excluding ortho intramolecular Hbond substituents is 1. The van der Waals surface area contributed by atoms with Crippen molar-refractivity contribution in [3.63, 3.8) is 0 Å². The average Bonchev–Trinajstić information content (AvgIpc) is 2.58. The van der Waals surface area contributed by atoms with Gasteiger partial charge in [0.25, 0.3) is 5.91 Å². The molecule has 0 atom stereocenters. The van der Waals surface area contributed by atoms with Gasteiger partial charge in [0.2, 0.25) is 0 Å². The van der Waals surface area contributed by atoms with E-state index in [2.05, 4.69) is 0 Å². The van der Waals surface area contributed by atoms with Crippen LogP contribution in [0.25, 0.3) is 0 Å². The maximum absolute atomic E-state index is 12.8. The van der Waals surface area contributed by atoms with E-state index in [1.165, 1.54) is 11.0 Å². The summed E-state index contributed by atoms with van der Waals surface area (Å²) >= 11 is 18.0. The molecule has 0 aromatic heterocycles. The lowest BCUT2D eigenvalue weighted by Gasteiger charge is -2.22. The number of carbonyl (C=O) groups is 1. The molecule has 24 heavy (non-hydrogen) atoms. The van der Waals surface area contributed by atoms with Gasteiger partial charge >= 0.3 is 0 Å². The number of aromatic hydroxyl groups is 1. The fourth-order valence-electron chi connectivity index (χ4n) is 2.22. The second-order valence-corrected chi connectivity index (χ2v) is 6.24. The van der Waals surface area contributed by atoms with E-state index >= 15 is 0 Å². The Kier molecular flexibility index (Phi) is 6.21. The molecule has 0 heterocycles. The zero-order valence-electron chi connectivity index (χ0n) is 13.1. The molecule has 0 aliphatic carbocycles. The molecule has 0 aliphatic rings. The van der Waals surface area contributed by atoms with Gasteiger partial charge in [-0.15, -0.1) is 0 Å². The van der Waals surface area contributed by atoms with Crippen LogP contribution in [0.3, 0.4) is 0 Å². The third-order valence-corrected chi connectivity index (χ3v) is 4.64. The SMILES string of the molecule is CCN(Cc1ccc(OC)cc1)C(=O)c1c(O)c(Cl)cc(Cl)c1Cl. The second-order valence-electron chi connectivity index (χ2n) is 5.05. The summed E-state index contributed by atoms with van der Waals surface area (Å²) in [5.74, 6) is -0.0834. The Hall–Kier alpha value is -1.62. The van der Waals surface area contributed by atoms with Gasteiger partial charge in [-0.1, -0.05) is 46.9 Å². The van der Waals surface area contributed by atoms with Crippen molar-refractivity contribution < 1.29 is 14.6 Å². The fourth-order valence-corrected chi connectivity index (χ4v) is 2.91. The van der Waals surface area contributed by atoms with Gasteiger partial charge in [0.15, 0.2) is 0 Å². The lowest BCUT2D eigenvalue weighted by Crippen LogP contribution is -2.30. The first-order chi connectivity index (χ1) is 11.4. The average molecular weight is 389 g/mol. The number of nitrogens with zero attached hydrogens (tertiary/aromatic N) is 1. The zero-order valence-corrected chi connectivity index (χ0v) is 15.4. The molecule has 0 radical (unpaired) electrons. The molecule has 0 saturated heterocycles. The van der Waals surface area contributed by atoms with Crippen molar-refractivity contribution >= 4 is 40.7 Å². The van der Waals surface area contributed by atoms with Gasteiger partial charge in [-0.2, -0.15) is 0 Å². The topological polar surface area (TPSA) is 49.8 Å². The zero-order chi connectivity index (χ0) is 17.9. The van der Waals surface area contributed by atoms with Crippen LogP contribution >= 0.6 is 34.8 Å². The first-order valence-electron chi connectivity index (χ1n) is 7.17. The molecular weight excluding hydrogens is 373 g/mol. The molecule has 2 aromatic carbocycles. The lowest BCUT2D eigenvalue weighted by atomic mass is 10.1. The smallest absolute Gasteiger partial charge is 0.259 e. The molecule has 0 aliphatic heterocycles. The Morgan fingerprint density at radius 2 is 1.79 bits per heavy atom. The molecule has 2 rings (SSSR count). The quantitative estimate of drug-likeness (QED) is 0.731. The minimum Gasteiger partial charge on any atom is -0.505 e. The van der Waals surface area contributed by atoms with Crippen molar-refractivity contribution in [3.8, 4) is 11.5 Å². The molecule has 0 bridgehead atoms. The Labute approximate surface area is 155 Å². The van der Waals surface area contributed by atoms with Gasteiger partial charge in [-0.3, -0.25) is 4.79 Å². The fraction of sp³-hybridized carbons (Fsp3) is 0.235. The molecule has 1 amide bonds. The molecule has 0 saturated carbocycles. The predicted octanol–water partition coefficient (Wildman–Crippen LogP) is 5.02. The van der Waals surface area contributed by atoms with Gasteiger partial charge in [0, 0.05) is 13.1 Å². The summed E-state index contributed by atoms with van der Waals surface area (Å²) in [6, 6.07) is 8.66. The van der Waals surface area contributed by atoms with Gasteiger partial charge in [-0.05, 0) is 30.7 Å². The predicted molar refractivity (Wildman–Crippen MR) is 96.5 cm³/mol. The van der Waals surface area contributed by atoms with Crippen LogP contribution in [0.15, 0.2) is 30.3 Å². The van der Waals surface area contributed by atoms with Crippen LogP contribution < -0.4 is 4.74 Å². The highest BCUT2D eigenvalue weighted by Crippen LogP contribution is 2.39. The van der Waals surface area contributed by atoms with Crippen molar-refractivity contribution in [2.75, 3.05) is 13.7 Å². The summed E-state index contributed by atoms with van der Waals surface area (Å²) in [6.45, 7) is 2.60. The standard InChI is InChI=1S/C17H16Cl3NO3/c1-3-21(9-10-4-6-11(24-2)7-5-10)17(23)14-15(20)12(18)8-13(19)16(14)22/h4-8,22H,3,9H2,1-2H3. The van der Waals surface area contributed by atoms with Crippen molar-refractivity contribution in [2.24, 2.45) is 0 Å². The third-order valence-electron chi connectivity index (χ3n) is 3.56. The Balaban J connectivity index is 2.32. The van der Waals surface area contributed by atoms with E-state index in [1.807, 2.05) is 31.2 Å². The molecule has 128 valence electrons. The van der Waals surface area contributed by atoms with Crippen LogP contribution in [0.2, 0.25) is 15.1 Å². The van der Waals surface area contributed by atoms with E-state index in [4.69, 9.17) is 39.5 Å². The highest BCUT2D eigenvalue weighted by Gasteiger charge is 2.25. The van der Waals surface area contributed by atoms with Crippen molar-refractivity contribution in [1.29, 1.82) is 0 Å². The van der Waals surface area contributed by atoms with Crippen LogP contribution in [0, 0.1) is 0 Å². The molecular formula is C17H16Cl3NO3. The minimum atomic E-state index is -0.444. The summed E-state index contributed by atoms with van der Waals surface area (Å²) in [5.41, 5.74) is 0.819. The molecule has 7 heteroatoms. The number of rotatable bonds is 5. The van der Waals surface area contributed by atoms with E-state index < -0.39 is 5.91 Å². The van der Waals surface area contributed by atoms with Gasteiger partial charge in [0.1, 0.15) is 17.1 Å². The summed E-state index contributed by atoms with van der Waals surface area (Å²) in [6.07, 6.45) is 0. The van der Waals surface area contributed by atoms with Crippen LogP contribution in [0.4, 0.5) is 0 Å². The largest absolute Gasteiger partial charge is 0.505 e. The monoisotopic (exact) mass is 387 g/mol. The maximum atomic E-state index is 12.8. The van der Waals surface area contributed by atoms with E-state index in [9.17, 15) is 9.90 Å². The van der Waals surface area contributed by atoms with Crippen molar-refractivity contribution in [1.82, 2.24) is 4.90 Å². The number of halogens is 3. The summed E-state index contributed by atoms with van der Waals surface area (Å²) in [7, 11) is 1.59. The van der Waals surface area contributed by atoms with E-state index in [1.54, 1.807) is 7.11 Å². The number of phenols is 1. The van der Waals surface area contributed by atoms with Crippen molar-refractivity contribution in [2.45, 2.75) is 13.5 Å². The van der Waals surface area contributed by atoms with E-state index in [-0.39, 0.29) is 26.4 Å². The highest BCUT2D eigenvalue weighted by atomic mass is 35.5. The molecule has 2 aromatic rings. The number of hydrogen-bond donors (Lipinski definition) is 1. The van der Waals surface area contributed by atoms with Crippen LogP contribution in [0.1, 0.15) is 22.8 Å². The first kappa shape index (κ1) is 18.7. The van der Waals surface area contributed by atoms with Crippen LogP contribution in [-0.2, 0) is 6.54 Å². The summed E-state index contributed by atoms with van der Waals surface area (Å²) in [4.78, 5) is 14.3. The van der Waals surface area contributed by atoms with Gasteiger partial charge in [0.05, 0.1) is 22.2 Å². The number of carbonyl (C=O) groups excluding carboxylic acids is 1. The highest BCUT2D eigenvalue weighted by molar-refractivity contribution is 6.45. The summed E-state index contributed by atoms with van der Waals surface area (Å²) < 4.78 is 5.11. The number of amides is 1. The lowest BCUT2D eigenvalue weighted by molar-refractivity contribution is 0.0749.